The fourth-order valence-corrected chi connectivity index (χ4v) is 2.53. The van der Waals surface area contributed by atoms with Crippen LogP contribution in [-0.4, -0.2) is 26.8 Å². The zero-order valence-corrected chi connectivity index (χ0v) is 12.7. The van der Waals surface area contributed by atoms with Gasteiger partial charge in [0.1, 0.15) is 16.4 Å². The van der Waals surface area contributed by atoms with Gasteiger partial charge in [-0.2, -0.15) is 0 Å². The van der Waals surface area contributed by atoms with Crippen molar-refractivity contribution in [1.29, 1.82) is 0 Å². The van der Waals surface area contributed by atoms with Gasteiger partial charge in [-0.25, -0.2) is 14.8 Å². The van der Waals surface area contributed by atoms with Crippen molar-refractivity contribution >= 4 is 17.7 Å². The summed E-state index contributed by atoms with van der Waals surface area (Å²) in [5, 5.41) is 9.82. The van der Waals surface area contributed by atoms with Crippen molar-refractivity contribution in [2.24, 2.45) is 0 Å². The number of aromatic carboxylic acids is 1. The number of carbonyl (C=O) groups is 1. The van der Waals surface area contributed by atoms with Gasteiger partial charge in [-0.15, -0.1) is 11.8 Å². The summed E-state index contributed by atoms with van der Waals surface area (Å²) in [5.74, 6) is 0.574. The molecule has 0 unspecified atom stereocenters. The summed E-state index contributed by atoms with van der Waals surface area (Å²) in [7, 11) is 0. The van der Waals surface area contributed by atoms with Crippen molar-refractivity contribution in [2.45, 2.75) is 45.1 Å². The van der Waals surface area contributed by atoms with Crippen LogP contribution in [0.4, 0.5) is 0 Å². The molecule has 1 heterocycles. The lowest BCUT2D eigenvalue weighted by molar-refractivity contribution is 0.0690. The Hall–Kier alpha value is -1.36. The Balaban J connectivity index is 3.16. The quantitative estimate of drug-likeness (QED) is 0.489. The van der Waals surface area contributed by atoms with Gasteiger partial charge in [0.05, 0.1) is 5.69 Å². The molecule has 1 aromatic heterocycles. The number of nitrogens with zero attached hydrogens (tertiary/aromatic N) is 2. The largest absolute Gasteiger partial charge is 0.478 e. The highest BCUT2D eigenvalue weighted by Gasteiger charge is 2.19. The molecular formula is C14H20N2O2S. The van der Waals surface area contributed by atoms with Crippen LogP contribution in [0.2, 0.25) is 0 Å². The highest BCUT2D eigenvalue weighted by Crippen LogP contribution is 2.26. The predicted octanol–water partition coefficient (Wildman–Crippen LogP) is 3.66. The minimum absolute atomic E-state index is 0.176. The summed E-state index contributed by atoms with van der Waals surface area (Å²) >= 11 is 1.42. The maximum Gasteiger partial charge on any atom is 0.340 e. The number of aryl methyl sites for hydroxylation is 1. The first-order chi connectivity index (χ1) is 8.86. The first-order valence-electron chi connectivity index (χ1n) is 6.28. The number of carboxylic acid groups (broad SMARTS) is 1. The minimum atomic E-state index is -0.975. The molecule has 104 valence electrons. The Kier molecular flexibility index (Phi) is 5.54. The normalized spacial score (nSPS) is 10.8. The molecule has 0 saturated heterocycles. The smallest absolute Gasteiger partial charge is 0.340 e. The maximum atomic E-state index is 11.3. The van der Waals surface area contributed by atoms with E-state index in [2.05, 4.69) is 16.5 Å². The second-order valence-corrected chi connectivity index (χ2v) is 5.66. The van der Waals surface area contributed by atoms with Gasteiger partial charge < -0.3 is 5.11 Å². The molecule has 0 aromatic carbocycles. The van der Waals surface area contributed by atoms with Crippen LogP contribution in [0, 0.1) is 6.92 Å². The van der Waals surface area contributed by atoms with E-state index >= 15 is 0 Å². The van der Waals surface area contributed by atoms with E-state index in [1.807, 2.05) is 20.8 Å². The van der Waals surface area contributed by atoms with Crippen molar-refractivity contribution in [3.05, 3.63) is 29.2 Å². The fraction of sp³-hybridized carbons (Fsp3) is 0.500. The van der Waals surface area contributed by atoms with Crippen molar-refractivity contribution in [3.63, 3.8) is 0 Å². The Morgan fingerprint density at radius 2 is 2.05 bits per heavy atom. The summed E-state index contributed by atoms with van der Waals surface area (Å²) < 4.78 is 0. The Bertz CT molecular complexity index is 498. The van der Waals surface area contributed by atoms with Crippen LogP contribution in [0.15, 0.2) is 17.2 Å². The lowest BCUT2D eigenvalue weighted by atomic mass is 10.2. The van der Waals surface area contributed by atoms with Gasteiger partial charge in [-0.3, -0.25) is 0 Å². The van der Waals surface area contributed by atoms with Gasteiger partial charge in [0.15, 0.2) is 0 Å². The predicted molar refractivity (Wildman–Crippen MR) is 78.0 cm³/mol. The molecule has 0 spiro atoms. The number of carboxylic acids is 1. The monoisotopic (exact) mass is 280 g/mol. The van der Waals surface area contributed by atoms with E-state index in [1.54, 1.807) is 6.92 Å². The molecular weight excluding hydrogens is 260 g/mol. The molecule has 0 amide bonds. The van der Waals surface area contributed by atoms with E-state index in [9.17, 15) is 9.90 Å². The van der Waals surface area contributed by atoms with E-state index < -0.39 is 5.97 Å². The molecule has 19 heavy (non-hydrogen) atoms. The van der Waals surface area contributed by atoms with Crippen LogP contribution in [-0.2, 0) is 0 Å². The second-order valence-electron chi connectivity index (χ2n) is 4.70. The molecule has 1 N–H and O–H groups in total. The second kappa shape index (κ2) is 6.70. The molecule has 4 nitrogen and oxygen atoms in total. The molecule has 0 aliphatic rings. The van der Waals surface area contributed by atoms with Gasteiger partial charge in [-0.1, -0.05) is 32.9 Å². The van der Waals surface area contributed by atoms with Crippen LogP contribution in [0.3, 0.4) is 0 Å². The average Bonchev–Trinajstić information content (AvgIpc) is 2.34. The van der Waals surface area contributed by atoms with Crippen LogP contribution in [0.25, 0.3) is 0 Å². The lowest BCUT2D eigenvalue weighted by Crippen LogP contribution is -2.10. The highest BCUT2D eigenvalue weighted by atomic mass is 32.2. The van der Waals surface area contributed by atoms with Gasteiger partial charge >= 0.3 is 5.97 Å². The molecule has 5 heteroatoms. The molecule has 1 aromatic rings. The van der Waals surface area contributed by atoms with Crippen molar-refractivity contribution in [1.82, 2.24) is 9.97 Å². The number of thioether (sulfide) groups is 1. The molecule has 0 aliphatic carbocycles. The Morgan fingerprint density at radius 3 is 2.53 bits per heavy atom. The lowest BCUT2D eigenvalue weighted by Gasteiger charge is -2.12. The van der Waals surface area contributed by atoms with Gasteiger partial charge in [0.2, 0.25) is 0 Å². The third-order valence-electron chi connectivity index (χ3n) is 2.72. The third-order valence-corrected chi connectivity index (χ3v) is 3.84. The van der Waals surface area contributed by atoms with Gasteiger partial charge in [-0.05, 0) is 13.3 Å². The van der Waals surface area contributed by atoms with E-state index in [1.165, 1.54) is 11.8 Å². The molecule has 0 saturated carbocycles. The molecule has 1 rings (SSSR count). The molecule has 0 bridgehead atoms. The Labute approximate surface area is 118 Å². The van der Waals surface area contributed by atoms with Crippen molar-refractivity contribution in [3.8, 4) is 0 Å². The SMILES string of the molecule is C=C(CC)CSc1nc(C(C)C)nc(C)c1C(=O)O. The molecule has 0 radical (unpaired) electrons. The van der Waals surface area contributed by atoms with Crippen molar-refractivity contribution in [2.75, 3.05) is 5.75 Å². The maximum absolute atomic E-state index is 11.3. The standard InChI is InChI=1S/C14H20N2O2S/c1-6-9(4)7-19-13-11(14(17)18)10(5)15-12(16-13)8(2)3/h8H,4,6-7H2,1-3,5H3,(H,17,18). The first kappa shape index (κ1) is 15.7. The molecule has 0 aliphatic heterocycles. The van der Waals surface area contributed by atoms with Gasteiger partial charge in [0, 0.05) is 11.7 Å². The van der Waals surface area contributed by atoms with E-state index in [0.717, 1.165) is 12.0 Å². The molecule has 0 atom stereocenters. The summed E-state index contributed by atoms with van der Waals surface area (Å²) in [4.78, 5) is 20.0. The number of hydrogen-bond acceptors (Lipinski definition) is 4. The Morgan fingerprint density at radius 1 is 1.42 bits per heavy atom. The van der Waals surface area contributed by atoms with E-state index in [4.69, 9.17) is 0 Å². The minimum Gasteiger partial charge on any atom is -0.478 e. The first-order valence-corrected chi connectivity index (χ1v) is 7.26. The number of hydrogen-bond donors (Lipinski definition) is 1. The highest BCUT2D eigenvalue weighted by molar-refractivity contribution is 7.99. The third kappa shape index (κ3) is 4.06. The van der Waals surface area contributed by atoms with Crippen LogP contribution >= 0.6 is 11.8 Å². The summed E-state index contributed by atoms with van der Waals surface area (Å²) in [6.45, 7) is 11.7. The average molecular weight is 280 g/mol. The summed E-state index contributed by atoms with van der Waals surface area (Å²) in [5.41, 5.74) is 1.80. The molecule has 0 fully saturated rings. The van der Waals surface area contributed by atoms with Crippen LogP contribution in [0.5, 0.6) is 0 Å². The van der Waals surface area contributed by atoms with Gasteiger partial charge in [0.25, 0.3) is 0 Å². The summed E-state index contributed by atoms with van der Waals surface area (Å²) in [6, 6.07) is 0. The number of rotatable bonds is 6. The number of aromatic nitrogens is 2. The fourth-order valence-electron chi connectivity index (χ4n) is 1.45. The van der Waals surface area contributed by atoms with Crippen LogP contribution < -0.4 is 0 Å². The van der Waals surface area contributed by atoms with Crippen molar-refractivity contribution < 1.29 is 9.90 Å². The summed E-state index contributed by atoms with van der Waals surface area (Å²) in [6.07, 6.45) is 0.885. The zero-order chi connectivity index (χ0) is 14.6. The van der Waals surface area contributed by atoms with Crippen LogP contribution in [0.1, 0.15) is 55.0 Å². The van der Waals surface area contributed by atoms with E-state index in [-0.39, 0.29) is 11.5 Å². The zero-order valence-electron chi connectivity index (χ0n) is 11.9. The van der Waals surface area contributed by atoms with E-state index in [0.29, 0.717) is 22.3 Å². The topological polar surface area (TPSA) is 63.1 Å².